The van der Waals surface area contributed by atoms with Crippen LogP contribution in [0, 0.1) is 0 Å². The Balaban J connectivity index is 2.34. The van der Waals surface area contributed by atoms with Gasteiger partial charge in [-0.1, -0.05) is 32.9 Å². The van der Waals surface area contributed by atoms with Crippen molar-refractivity contribution in [1.29, 1.82) is 0 Å². The summed E-state index contributed by atoms with van der Waals surface area (Å²) in [4.78, 5) is 0. The summed E-state index contributed by atoms with van der Waals surface area (Å²) in [5.41, 5.74) is 2.73. The van der Waals surface area contributed by atoms with Crippen molar-refractivity contribution >= 4 is 5.69 Å². The largest absolute Gasteiger partial charge is 0.395 e. The lowest BCUT2D eigenvalue weighted by atomic mass is 9.87. The molecule has 18 heavy (non-hydrogen) atoms. The van der Waals surface area contributed by atoms with Crippen LogP contribution >= 0.6 is 0 Å². The van der Waals surface area contributed by atoms with Crippen LogP contribution in [0.4, 0.5) is 5.69 Å². The fraction of sp³-hybridized carbons (Fsp3) is 0.600. The molecule has 1 aromatic rings. The first-order valence-electron chi connectivity index (χ1n) is 6.70. The van der Waals surface area contributed by atoms with Crippen molar-refractivity contribution in [3.8, 4) is 0 Å². The smallest absolute Gasteiger partial charge is 0.0555 e. The molecule has 1 rings (SSSR count). The van der Waals surface area contributed by atoms with Gasteiger partial charge in [0.15, 0.2) is 0 Å². The molecule has 1 aromatic carbocycles. The first kappa shape index (κ1) is 15.0. The molecule has 0 amide bonds. The Morgan fingerprint density at radius 2 is 1.89 bits per heavy atom. The maximum absolute atomic E-state index is 8.63. The average Bonchev–Trinajstić information content (AvgIpc) is 2.33. The van der Waals surface area contributed by atoms with Gasteiger partial charge in [0.1, 0.15) is 0 Å². The van der Waals surface area contributed by atoms with Crippen LogP contribution in [0.25, 0.3) is 0 Å². The van der Waals surface area contributed by atoms with Gasteiger partial charge >= 0.3 is 0 Å². The fourth-order valence-electron chi connectivity index (χ4n) is 1.75. The van der Waals surface area contributed by atoms with E-state index in [4.69, 9.17) is 5.11 Å². The number of nitrogens with one attached hydrogen (secondary N) is 2. The van der Waals surface area contributed by atoms with Gasteiger partial charge in [0, 0.05) is 18.8 Å². The lowest BCUT2D eigenvalue weighted by Gasteiger charge is -2.20. The summed E-state index contributed by atoms with van der Waals surface area (Å²) >= 11 is 0. The molecule has 3 heteroatoms. The molecule has 0 saturated carbocycles. The average molecular weight is 250 g/mol. The quantitative estimate of drug-likeness (QED) is 0.651. The second-order valence-electron chi connectivity index (χ2n) is 5.58. The summed E-state index contributed by atoms with van der Waals surface area (Å²) in [7, 11) is 0. The van der Waals surface area contributed by atoms with Crippen LogP contribution in [0.15, 0.2) is 24.3 Å². The van der Waals surface area contributed by atoms with Crippen LogP contribution in [-0.4, -0.2) is 31.3 Å². The van der Waals surface area contributed by atoms with E-state index in [2.05, 4.69) is 55.7 Å². The van der Waals surface area contributed by atoms with Gasteiger partial charge in [0.05, 0.1) is 6.61 Å². The summed E-state index contributed by atoms with van der Waals surface area (Å²) in [5, 5.41) is 15.2. The van der Waals surface area contributed by atoms with E-state index < -0.39 is 0 Å². The predicted octanol–water partition coefficient (Wildman–Crippen LogP) is 2.37. The van der Waals surface area contributed by atoms with Crippen LogP contribution in [-0.2, 0) is 5.41 Å². The van der Waals surface area contributed by atoms with Crippen molar-refractivity contribution in [2.24, 2.45) is 0 Å². The highest BCUT2D eigenvalue weighted by molar-refractivity contribution is 5.47. The zero-order valence-corrected chi connectivity index (χ0v) is 11.8. The number of hydrogen-bond acceptors (Lipinski definition) is 3. The van der Waals surface area contributed by atoms with Crippen molar-refractivity contribution < 1.29 is 5.11 Å². The first-order valence-corrected chi connectivity index (χ1v) is 6.70. The van der Waals surface area contributed by atoms with Gasteiger partial charge in [0.2, 0.25) is 0 Å². The topological polar surface area (TPSA) is 44.3 Å². The third-order valence-corrected chi connectivity index (χ3v) is 2.88. The van der Waals surface area contributed by atoms with Crippen molar-refractivity contribution in [3.63, 3.8) is 0 Å². The molecule has 0 aliphatic rings. The van der Waals surface area contributed by atoms with E-state index in [0.29, 0.717) is 6.54 Å². The highest BCUT2D eigenvalue weighted by Crippen LogP contribution is 2.24. The normalized spacial score (nSPS) is 11.6. The SMILES string of the molecule is CC(C)(C)c1cccc(NCCCNCCO)c1. The first-order chi connectivity index (χ1) is 8.54. The number of rotatable bonds is 7. The van der Waals surface area contributed by atoms with Crippen LogP contribution in [0.5, 0.6) is 0 Å². The van der Waals surface area contributed by atoms with Gasteiger partial charge in [-0.05, 0) is 36.1 Å². The van der Waals surface area contributed by atoms with Crippen molar-refractivity contribution in [3.05, 3.63) is 29.8 Å². The number of aliphatic hydroxyl groups is 1. The number of aliphatic hydroxyl groups excluding tert-OH is 1. The van der Waals surface area contributed by atoms with E-state index in [1.807, 2.05) is 0 Å². The van der Waals surface area contributed by atoms with Crippen LogP contribution in [0.1, 0.15) is 32.8 Å². The summed E-state index contributed by atoms with van der Waals surface area (Å²) in [6.45, 7) is 9.46. The van der Waals surface area contributed by atoms with E-state index in [-0.39, 0.29) is 12.0 Å². The molecule has 0 radical (unpaired) electrons. The number of anilines is 1. The van der Waals surface area contributed by atoms with Crippen molar-refractivity contribution in [2.75, 3.05) is 31.6 Å². The Kier molecular flexibility index (Phi) is 6.16. The molecule has 0 aromatic heterocycles. The molecule has 3 nitrogen and oxygen atoms in total. The van der Waals surface area contributed by atoms with Gasteiger partial charge in [-0.2, -0.15) is 0 Å². The molecule has 0 heterocycles. The Labute approximate surface area is 111 Å². The highest BCUT2D eigenvalue weighted by Gasteiger charge is 2.13. The Morgan fingerprint density at radius 3 is 2.56 bits per heavy atom. The Morgan fingerprint density at radius 1 is 1.11 bits per heavy atom. The van der Waals surface area contributed by atoms with Gasteiger partial charge in [-0.3, -0.25) is 0 Å². The molecule has 0 aliphatic carbocycles. The maximum atomic E-state index is 8.63. The van der Waals surface area contributed by atoms with E-state index >= 15 is 0 Å². The molecular weight excluding hydrogens is 224 g/mol. The minimum atomic E-state index is 0.195. The molecule has 0 saturated heterocycles. The molecule has 0 bridgehead atoms. The minimum absolute atomic E-state index is 0.195. The molecule has 0 unspecified atom stereocenters. The van der Waals surface area contributed by atoms with Crippen LogP contribution in [0.2, 0.25) is 0 Å². The van der Waals surface area contributed by atoms with Gasteiger partial charge < -0.3 is 15.7 Å². The molecule has 0 fully saturated rings. The molecule has 0 aliphatic heterocycles. The summed E-state index contributed by atoms with van der Waals surface area (Å²) in [6.07, 6.45) is 1.06. The van der Waals surface area contributed by atoms with Crippen molar-refractivity contribution in [1.82, 2.24) is 5.32 Å². The minimum Gasteiger partial charge on any atom is -0.395 e. The van der Waals surface area contributed by atoms with Gasteiger partial charge in [-0.25, -0.2) is 0 Å². The van der Waals surface area contributed by atoms with Gasteiger partial charge in [0.25, 0.3) is 0 Å². The molecule has 0 spiro atoms. The third-order valence-electron chi connectivity index (χ3n) is 2.88. The molecular formula is C15H26N2O. The monoisotopic (exact) mass is 250 g/mol. The third kappa shape index (κ3) is 5.52. The lowest BCUT2D eigenvalue weighted by Crippen LogP contribution is -2.21. The second-order valence-corrected chi connectivity index (χ2v) is 5.58. The van der Waals surface area contributed by atoms with E-state index in [1.165, 1.54) is 11.3 Å². The maximum Gasteiger partial charge on any atom is 0.0555 e. The van der Waals surface area contributed by atoms with Crippen LogP contribution in [0.3, 0.4) is 0 Å². The molecule has 102 valence electrons. The molecule has 0 atom stereocenters. The van der Waals surface area contributed by atoms with E-state index in [0.717, 1.165) is 19.5 Å². The molecule has 3 N–H and O–H groups in total. The zero-order chi connectivity index (χ0) is 13.4. The Hall–Kier alpha value is -1.06. The van der Waals surface area contributed by atoms with E-state index in [9.17, 15) is 0 Å². The summed E-state index contributed by atoms with van der Waals surface area (Å²) in [6, 6.07) is 8.61. The lowest BCUT2D eigenvalue weighted by molar-refractivity contribution is 0.292. The number of benzene rings is 1. The summed E-state index contributed by atoms with van der Waals surface area (Å²) in [5.74, 6) is 0. The van der Waals surface area contributed by atoms with Crippen molar-refractivity contribution in [2.45, 2.75) is 32.6 Å². The van der Waals surface area contributed by atoms with Gasteiger partial charge in [-0.15, -0.1) is 0 Å². The summed E-state index contributed by atoms with van der Waals surface area (Å²) < 4.78 is 0. The zero-order valence-electron chi connectivity index (χ0n) is 11.8. The fourth-order valence-corrected chi connectivity index (χ4v) is 1.75. The predicted molar refractivity (Wildman–Crippen MR) is 78.2 cm³/mol. The Bertz CT molecular complexity index is 345. The number of hydrogen-bond donors (Lipinski definition) is 3. The highest BCUT2D eigenvalue weighted by atomic mass is 16.3. The van der Waals surface area contributed by atoms with Crippen LogP contribution < -0.4 is 10.6 Å². The standard InChI is InChI=1S/C15H26N2O/c1-15(2,3)13-6-4-7-14(12-13)17-9-5-8-16-10-11-18/h4,6-7,12,16-18H,5,8-11H2,1-3H3. The second kappa shape index (κ2) is 7.39. The van der Waals surface area contributed by atoms with E-state index in [1.54, 1.807) is 0 Å².